The molecule has 1 N–H and O–H groups in total. The van der Waals surface area contributed by atoms with Crippen LogP contribution in [0.15, 0.2) is 79.0 Å². The van der Waals surface area contributed by atoms with Gasteiger partial charge in [-0.1, -0.05) is 50.9 Å². The van der Waals surface area contributed by atoms with E-state index in [-0.39, 0.29) is 6.17 Å². The molecule has 0 radical (unpaired) electrons. The molecule has 4 rings (SSSR count). The molecule has 0 fully saturated rings. The standard InChI is InChI=1S/C33H42ClN3O2/c1-4-7-8-33-35-32(27-11-17-29(18-12-27)38-23-22-36(6-3)21-5-2)25-37(33)24-26-9-15-30(16-10-26)39-31-19-13-28(34)14-20-31/h9-20,25,33,35H,4-8,21-24H2,1-3H3. The van der Waals surface area contributed by atoms with Gasteiger partial charge in [-0.15, -0.1) is 0 Å². The predicted molar refractivity (Wildman–Crippen MR) is 162 cm³/mol. The van der Waals surface area contributed by atoms with E-state index in [0.717, 1.165) is 55.5 Å². The zero-order chi connectivity index (χ0) is 27.5. The summed E-state index contributed by atoms with van der Waals surface area (Å²) >= 11 is 5.98. The number of halogens is 1. The number of ether oxygens (including phenoxy) is 2. The first-order valence-corrected chi connectivity index (χ1v) is 14.7. The van der Waals surface area contributed by atoms with Gasteiger partial charge in [0.25, 0.3) is 0 Å². The number of nitrogens with zero attached hydrogens (tertiary/aromatic N) is 2. The Balaban J connectivity index is 1.37. The van der Waals surface area contributed by atoms with Gasteiger partial charge in [-0.25, -0.2) is 0 Å². The first kappa shape index (κ1) is 28.8. The lowest BCUT2D eigenvalue weighted by molar-refractivity contribution is 0.216. The summed E-state index contributed by atoms with van der Waals surface area (Å²) in [5, 5.41) is 4.47. The van der Waals surface area contributed by atoms with Gasteiger partial charge in [-0.3, -0.25) is 0 Å². The average molecular weight is 548 g/mol. The van der Waals surface area contributed by atoms with Crippen LogP contribution < -0.4 is 14.8 Å². The second-order valence-electron chi connectivity index (χ2n) is 10.0. The molecule has 1 aliphatic rings. The van der Waals surface area contributed by atoms with E-state index in [1.807, 2.05) is 36.4 Å². The lowest BCUT2D eigenvalue weighted by Gasteiger charge is -2.26. The third-order valence-electron chi connectivity index (χ3n) is 7.01. The number of unbranched alkanes of at least 4 members (excludes halogenated alkanes) is 1. The second-order valence-corrected chi connectivity index (χ2v) is 10.5. The molecule has 0 aliphatic carbocycles. The molecule has 1 aliphatic heterocycles. The van der Waals surface area contributed by atoms with E-state index in [0.29, 0.717) is 11.6 Å². The molecule has 1 unspecified atom stereocenters. The van der Waals surface area contributed by atoms with Crippen molar-refractivity contribution < 1.29 is 9.47 Å². The zero-order valence-electron chi connectivity index (χ0n) is 23.5. The Labute approximate surface area is 239 Å². The zero-order valence-corrected chi connectivity index (χ0v) is 24.3. The molecule has 39 heavy (non-hydrogen) atoms. The maximum absolute atomic E-state index is 6.02. The summed E-state index contributed by atoms with van der Waals surface area (Å²) in [4.78, 5) is 4.84. The molecule has 0 saturated heterocycles. The van der Waals surface area contributed by atoms with Crippen LogP contribution >= 0.6 is 11.6 Å². The van der Waals surface area contributed by atoms with Crippen LogP contribution in [-0.2, 0) is 6.54 Å². The molecule has 5 nitrogen and oxygen atoms in total. The number of rotatable bonds is 15. The van der Waals surface area contributed by atoms with Gasteiger partial charge in [0.1, 0.15) is 23.9 Å². The highest BCUT2D eigenvalue weighted by Crippen LogP contribution is 2.28. The van der Waals surface area contributed by atoms with Gasteiger partial charge in [-0.05, 0) is 104 Å². The summed E-state index contributed by atoms with van der Waals surface area (Å²) < 4.78 is 12.0. The highest BCUT2D eigenvalue weighted by atomic mass is 35.5. The van der Waals surface area contributed by atoms with Gasteiger partial charge in [0.05, 0.1) is 11.9 Å². The monoisotopic (exact) mass is 547 g/mol. The van der Waals surface area contributed by atoms with E-state index >= 15 is 0 Å². The van der Waals surface area contributed by atoms with Crippen LogP contribution in [0.5, 0.6) is 17.2 Å². The Morgan fingerprint density at radius 1 is 0.821 bits per heavy atom. The normalized spacial score (nSPS) is 14.8. The fraction of sp³-hybridized carbons (Fsp3) is 0.394. The molecular formula is C33H42ClN3O2. The Bertz CT molecular complexity index is 1160. The fourth-order valence-corrected chi connectivity index (χ4v) is 4.91. The third-order valence-corrected chi connectivity index (χ3v) is 7.27. The van der Waals surface area contributed by atoms with Crippen molar-refractivity contribution in [1.82, 2.24) is 15.1 Å². The quantitative estimate of drug-likeness (QED) is 0.208. The summed E-state index contributed by atoms with van der Waals surface area (Å²) in [5.74, 6) is 2.51. The van der Waals surface area contributed by atoms with Gasteiger partial charge >= 0.3 is 0 Å². The van der Waals surface area contributed by atoms with Gasteiger partial charge in [0.15, 0.2) is 0 Å². The number of hydrogen-bond acceptors (Lipinski definition) is 5. The highest BCUT2D eigenvalue weighted by Gasteiger charge is 2.24. The fourth-order valence-electron chi connectivity index (χ4n) is 4.78. The van der Waals surface area contributed by atoms with Crippen LogP contribution in [0, 0.1) is 0 Å². The van der Waals surface area contributed by atoms with E-state index in [1.165, 1.54) is 30.4 Å². The molecule has 0 saturated carbocycles. The first-order valence-electron chi connectivity index (χ1n) is 14.3. The van der Waals surface area contributed by atoms with Crippen LogP contribution in [-0.4, -0.2) is 42.2 Å². The van der Waals surface area contributed by atoms with E-state index in [1.54, 1.807) is 0 Å². The minimum Gasteiger partial charge on any atom is -0.492 e. The Kier molecular flexibility index (Phi) is 11.0. The van der Waals surface area contributed by atoms with E-state index < -0.39 is 0 Å². The Morgan fingerprint density at radius 2 is 1.49 bits per heavy atom. The summed E-state index contributed by atoms with van der Waals surface area (Å²) in [7, 11) is 0. The van der Waals surface area contributed by atoms with Gasteiger partial charge in [0.2, 0.25) is 0 Å². The van der Waals surface area contributed by atoms with Crippen molar-refractivity contribution in [3.63, 3.8) is 0 Å². The molecule has 3 aromatic rings. The highest BCUT2D eigenvalue weighted by molar-refractivity contribution is 6.30. The summed E-state index contributed by atoms with van der Waals surface area (Å²) in [5.41, 5.74) is 3.58. The molecule has 1 atom stereocenters. The topological polar surface area (TPSA) is 37.0 Å². The lowest BCUT2D eigenvalue weighted by Crippen LogP contribution is -2.35. The summed E-state index contributed by atoms with van der Waals surface area (Å²) in [6.45, 7) is 11.4. The van der Waals surface area contributed by atoms with Crippen molar-refractivity contribution in [3.8, 4) is 17.2 Å². The van der Waals surface area contributed by atoms with Crippen LogP contribution in [0.2, 0.25) is 5.02 Å². The summed E-state index contributed by atoms with van der Waals surface area (Å²) in [6.07, 6.45) is 7.17. The van der Waals surface area contributed by atoms with Crippen molar-refractivity contribution in [2.24, 2.45) is 0 Å². The predicted octanol–water partition coefficient (Wildman–Crippen LogP) is 8.16. The lowest BCUT2D eigenvalue weighted by atomic mass is 10.1. The van der Waals surface area contributed by atoms with Crippen molar-refractivity contribution in [2.45, 2.75) is 59.2 Å². The van der Waals surface area contributed by atoms with Crippen LogP contribution in [0.25, 0.3) is 5.70 Å². The van der Waals surface area contributed by atoms with Crippen molar-refractivity contribution in [1.29, 1.82) is 0 Å². The number of nitrogens with one attached hydrogen (secondary N) is 1. The first-order chi connectivity index (χ1) is 19.1. The Morgan fingerprint density at radius 3 is 2.13 bits per heavy atom. The number of likely N-dealkylation sites (N-methyl/N-ethyl adjacent to an activating group) is 1. The molecule has 1 heterocycles. The number of hydrogen-bond donors (Lipinski definition) is 1. The maximum Gasteiger partial charge on any atom is 0.127 e. The molecular weight excluding hydrogens is 506 g/mol. The van der Waals surface area contributed by atoms with E-state index in [9.17, 15) is 0 Å². The maximum atomic E-state index is 6.02. The third kappa shape index (κ3) is 8.67. The molecule has 208 valence electrons. The van der Waals surface area contributed by atoms with Gasteiger partial charge < -0.3 is 24.6 Å². The molecule has 0 bridgehead atoms. The van der Waals surface area contributed by atoms with Crippen LogP contribution in [0.1, 0.15) is 57.6 Å². The smallest absolute Gasteiger partial charge is 0.127 e. The molecule has 0 amide bonds. The van der Waals surface area contributed by atoms with Crippen molar-refractivity contribution >= 4 is 17.3 Å². The van der Waals surface area contributed by atoms with Crippen LogP contribution in [0.3, 0.4) is 0 Å². The molecule has 6 heteroatoms. The van der Waals surface area contributed by atoms with Gasteiger partial charge in [0, 0.05) is 24.3 Å². The minimum atomic E-state index is 0.277. The van der Waals surface area contributed by atoms with E-state index in [4.69, 9.17) is 21.1 Å². The average Bonchev–Trinajstić information content (AvgIpc) is 3.36. The van der Waals surface area contributed by atoms with Crippen molar-refractivity contribution in [3.05, 3.63) is 95.1 Å². The second kappa shape index (κ2) is 14.9. The van der Waals surface area contributed by atoms with Crippen LogP contribution in [0.4, 0.5) is 0 Å². The minimum absolute atomic E-state index is 0.277. The van der Waals surface area contributed by atoms with E-state index in [2.05, 4.69) is 78.5 Å². The van der Waals surface area contributed by atoms with Crippen molar-refractivity contribution in [2.75, 3.05) is 26.2 Å². The summed E-state index contributed by atoms with van der Waals surface area (Å²) in [6, 6.07) is 24.2. The molecule has 0 spiro atoms. The number of benzene rings is 3. The largest absolute Gasteiger partial charge is 0.492 e. The Hall–Kier alpha value is -3.15. The molecule has 3 aromatic carbocycles. The van der Waals surface area contributed by atoms with Gasteiger partial charge in [-0.2, -0.15) is 0 Å². The molecule has 0 aromatic heterocycles. The SMILES string of the molecule is CCCCC1NC(c2ccc(OCCN(CC)CCC)cc2)=CN1Cc1ccc(Oc2ccc(Cl)cc2)cc1.